The molecule has 2 aromatic rings. The van der Waals surface area contributed by atoms with Gasteiger partial charge in [-0.1, -0.05) is 0 Å². The van der Waals surface area contributed by atoms with Crippen LogP contribution in [0, 0.1) is 0 Å². The molecule has 9 heteroatoms. The van der Waals surface area contributed by atoms with E-state index in [9.17, 15) is 9.59 Å². The Labute approximate surface area is 179 Å². The SMILES string of the molecule is CCOc1ccc(N2CCN(C(=O)c3ccc(SC4CCOC4=O)cc3)CC2)nn1. The summed E-state index contributed by atoms with van der Waals surface area (Å²) in [5.74, 6) is 1.17. The molecule has 4 rings (SSSR count). The van der Waals surface area contributed by atoms with Gasteiger partial charge in [0.1, 0.15) is 5.25 Å². The van der Waals surface area contributed by atoms with E-state index in [1.165, 1.54) is 11.8 Å². The number of cyclic esters (lactones) is 1. The molecule has 8 nitrogen and oxygen atoms in total. The second-order valence-corrected chi connectivity index (χ2v) is 8.31. The van der Waals surface area contributed by atoms with Crippen LogP contribution in [0.3, 0.4) is 0 Å². The normalized spacial score (nSPS) is 19.0. The number of hydrogen-bond donors (Lipinski definition) is 0. The molecule has 0 N–H and O–H groups in total. The zero-order valence-corrected chi connectivity index (χ0v) is 17.6. The summed E-state index contributed by atoms with van der Waals surface area (Å²) >= 11 is 1.49. The Kier molecular flexibility index (Phi) is 6.37. The largest absolute Gasteiger partial charge is 0.477 e. The maximum Gasteiger partial charge on any atom is 0.319 e. The highest BCUT2D eigenvalue weighted by molar-refractivity contribution is 8.00. The second kappa shape index (κ2) is 9.34. The smallest absolute Gasteiger partial charge is 0.319 e. The summed E-state index contributed by atoms with van der Waals surface area (Å²) < 4.78 is 10.3. The first-order chi connectivity index (χ1) is 14.6. The van der Waals surface area contributed by atoms with Crippen molar-refractivity contribution < 1.29 is 19.1 Å². The Morgan fingerprint density at radius 3 is 2.50 bits per heavy atom. The number of carbonyl (C=O) groups excluding carboxylic acids is 2. The van der Waals surface area contributed by atoms with Crippen molar-refractivity contribution >= 4 is 29.5 Å². The number of ether oxygens (including phenoxy) is 2. The van der Waals surface area contributed by atoms with Crippen LogP contribution in [0.1, 0.15) is 23.7 Å². The van der Waals surface area contributed by atoms with Gasteiger partial charge in [0.15, 0.2) is 5.82 Å². The third-order valence-corrected chi connectivity index (χ3v) is 6.33. The van der Waals surface area contributed by atoms with E-state index in [-0.39, 0.29) is 17.1 Å². The van der Waals surface area contributed by atoms with Crippen LogP contribution in [0.5, 0.6) is 5.88 Å². The van der Waals surface area contributed by atoms with Crippen LogP contribution >= 0.6 is 11.8 Å². The van der Waals surface area contributed by atoms with Gasteiger partial charge in [-0.3, -0.25) is 9.59 Å². The lowest BCUT2D eigenvalue weighted by Gasteiger charge is -2.35. The second-order valence-electron chi connectivity index (χ2n) is 7.03. The maximum atomic E-state index is 12.8. The molecule has 0 spiro atoms. The van der Waals surface area contributed by atoms with Gasteiger partial charge in [-0.25, -0.2) is 0 Å². The lowest BCUT2D eigenvalue weighted by Crippen LogP contribution is -2.49. The highest BCUT2D eigenvalue weighted by atomic mass is 32.2. The average molecular weight is 429 g/mol. The van der Waals surface area contributed by atoms with Gasteiger partial charge in [0, 0.05) is 49.1 Å². The van der Waals surface area contributed by atoms with Gasteiger partial charge in [-0.15, -0.1) is 22.0 Å². The van der Waals surface area contributed by atoms with Crippen LogP contribution in [0.4, 0.5) is 5.82 Å². The van der Waals surface area contributed by atoms with Crippen molar-refractivity contribution in [1.29, 1.82) is 0 Å². The summed E-state index contributed by atoms with van der Waals surface area (Å²) in [5.41, 5.74) is 0.655. The molecule has 1 unspecified atom stereocenters. The predicted octanol–water partition coefficient (Wildman–Crippen LogP) is 2.25. The first kappa shape index (κ1) is 20.5. The molecule has 0 aliphatic carbocycles. The van der Waals surface area contributed by atoms with Crippen molar-refractivity contribution in [3.05, 3.63) is 42.0 Å². The van der Waals surface area contributed by atoms with Crippen LogP contribution < -0.4 is 9.64 Å². The van der Waals surface area contributed by atoms with E-state index in [4.69, 9.17) is 9.47 Å². The molecule has 1 aromatic heterocycles. The third kappa shape index (κ3) is 4.67. The fourth-order valence-corrected chi connectivity index (χ4v) is 4.45. The van der Waals surface area contributed by atoms with Crippen molar-refractivity contribution in [3.63, 3.8) is 0 Å². The number of rotatable bonds is 6. The molecule has 1 amide bonds. The minimum Gasteiger partial charge on any atom is -0.477 e. The molecule has 2 aliphatic rings. The van der Waals surface area contributed by atoms with Gasteiger partial charge in [0.2, 0.25) is 5.88 Å². The van der Waals surface area contributed by atoms with Gasteiger partial charge in [0.05, 0.1) is 13.2 Å². The Bertz CT molecular complexity index is 883. The zero-order valence-electron chi connectivity index (χ0n) is 16.8. The molecular weight excluding hydrogens is 404 g/mol. The van der Waals surface area contributed by atoms with Crippen LogP contribution in [0.2, 0.25) is 0 Å². The first-order valence-electron chi connectivity index (χ1n) is 10.1. The molecule has 158 valence electrons. The lowest BCUT2D eigenvalue weighted by molar-refractivity contribution is -0.137. The van der Waals surface area contributed by atoms with Gasteiger partial charge < -0.3 is 19.3 Å². The molecular formula is C21H24N4O4S. The third-order valence-electron chi connectivity index (χ3n) is 5.08. The van der Waals surface area contributed by atoms with Crippen molar-refractivity contribution in [3.8, 4) is 5.88 Å². The van der Waals surface area contributed by atoms with Crippen molar-refractivity contribution in [2.45, 2.75) is 23.5 Å². The summed E-state index contributed by atoms with van der Waals surface area (Å²) in [6.07, 6.45) is 0.729. The van der Waals surface area contributed by atoms with Gasteiger partial charge in [0.25, 0.3) is 5.91 Å². The standard InChI is InChI=1S/C21H24N4O4S/c1-2-28-19-8-7-18(22-23-19)24-10-12-25(13-11-24)20(26)15-3-5-16(6-4-15)30-17-9-14-29-21(17)27/h3-8,17H,2,9-14H2,1H3. The summed E-state index contributed by atoms with van der Waals surface area (Å²) in [7, 11) is 0. The number of hydrogen-bond acceptors (Lipinski definition) is 8. The van der Waals surface area contributed by atoms with E-state index in [0.29, 0.717) is 50.8 Å². The fraction of sp³-hybridized carbons (Fsp3) is 0.429. The summed E-state index contributed by atoms with van der Waals surface area (Å²) in [6, 6.07) is 11.2. The number of aromatic nitrogens is 2. The number of esters is 1. The molecule has 0 bridgehead atoms. The van der Waals surface area contributed by atoms with Gasteiger partial charge >= 0.3 is 5.97 Å². The first-order valence-corrected chi connectivity index (χ1v) is 11.0. The van der Waals surface area contributed by atoms with Gasteiger partial charge in [-0.05, 0) is 37.3 Å². The zero-order chi connectivity index (χ0) is 20.9. The van der Waals surface area contributed by atoms with Crippen molar-refractivity contribution in [2.75, 3.05) is 44.3 Å². The van der Waals surface area contributed by atoms with Crippen LogP contribution in [0.15, 0.2) is 41.3 Å². The van der Waals surface area contributed by atoms with E-state index in [0.717, 1.165) is 17.1 Å². The maximum absolute atomic E-state index is 12.8. The summed E-state index contributed by atoms with van der Waals surface area (Å²) in [6.45, 7) is 5.60. The number of nitrogens with zero attached hydrogens (tertiary/aromatic N) is 4. The van der Waals surface area contributed by atoms with Crippen LogP contribution in [-0.2, 0) is 9.53 Å². The van der Waals surface area contributed by atoms with E-state index < -0.39 is 0 Å². The number of amides is 1. The van der Waals surface area contributed by atoms with Crippen molar-refractivity contribution in [2.24, 2.45) is 0 Å². The predicted molar refractivity (Wildman–Crippen MR) is 113 cm³/mol. The fourth-order valence-electron chi connectivity index (χ4n) is 3.45. The molecule has 2 fully saturated rings. The number of piperazine rings is 1. The summed E-state index contributed by atoms with van der Waals surface area (Å²) in [4.78, 5) is 29.4. The van der Waals surface area contributed by atoms with Crippen molar-refractivity contribution in [1.82, 2.24) is 15.1 Å². The molecule has 30 heavy (non-hydrogen) atoms. The minimum absolute atomic E-state index is 0.0178. The van der Waals surface area contributed by atoms with E-state index in [2.05, 4.69) is 15.1 Å². The van der Waals surface area contributed by atoms with Gasteiger partial charge in [-0.2, -0.15) is 0 Å². The lowest BCUT2D eigenvalue weighted by atomic mass is 10.2. The molecule has 2 aliphatic heterocycles. The number of anilines is 1. The average Bonchev–Trinajstić information content (AvgIpc) is 3.19. The number of carbonyl (C=O) groups is 2. The van der Waals surface area contributed by atoms with E-state index >= 15 is 0 Å². The topological polar surface area (TPSA) is 84.9 Å². The van der Waals surface area contributed by atoms with E-state index in [1.54, 1.807) is 0 Å². The molecule has 0 radical (unpaired) electrons. The minimum atomic E-state index is -0.157. The number of thioether (sulfide) groups is 1. The summed E-state index contributed by atoms with van der Waals surface area (Å²) in [5, 5.41) is 8.14. The molecule has 1 aromatic carbocycles. The molecule has 0 saturated carbocycles. The molecule has 1 atom stereocenters. The molecule has 2 saturated heterocycles. The highest BCUT2D eigenvalue weighted by Crippen LogP contribution is 2.29. The number of benzene rings is 1. The quantitative estimate of drug-likeness (QED) is 0.648. The Balaban J connectivity index is 1.31. The van der Waals surface area contributed by atoms with Crippen LogP contribution in [0.25, 0.3) is 0 Å². The monoisotopic (exact) mass is 428 g/mol. The molecule has 3 heterocycles. The Morgan fingerprint density at radius 2 is 1.90 bits per heavy atom. The van der Waals surface area contributed by atoms with E-state index in [1.807, 2.05) is 48.2 Å². The Hall–Kier alpha value is -2.81. The highest BCUT2D eigenvalue weighted by Gasteiger charge is 2.28. The van der Waals surface area contributed by atoms with Crippen LogP contribution in [-0.4, -0.2) is 71.6 Å². The Morgan fingerprint density at radius 1 is 1.13 bits per heavy atom.